The zero-order chi connectivity index (χ0) is 12.3. The Morgan fingerprint density at radius 3 is 2.59 bits per heavy atom. The first-order valence-electron chi connectivity index (χ1n) is 5.60. The van der Waals surface area contributed by atoms with E-state index in [1.54, 1.807) is 16.8 Å². The van der Waals surface area contributed by atoms with Gasteiger partial charge in [0.2, 0.25) is 0 Å². The molecular formula is C12H16N4O. The number of nitrogens with zero attached hydrogens (tertiary/aromatic N) is 3. The Morgan fingerprint density at radius 2 is 2.00 bits per heavy atom. The number of phenols is 1. The normalized spacial score (nSPS) is 10.5. The number of hydrogen-bond acceptors (Lipinski definition) is 4. The summed E-state index contributed by atoms with van der Waals surface area (Å²) in [6.45, 7) is 2.65. The summed E-state index contributed by atoms with van der Waals surface area (Å²) in [5, 5.41) is 16.7. The van der Waals surface area contributed by atoms with Crippen LogP contribution in [0.25, 0.3) is 0 Å². The third-order valence-electron chi connectivity index (χ3n) is 2.53. The molecule has 2 rings (SSSR count). The smallest absolute Gasteiger partial charge is 0.150 e. The van der Waals surface area contributed by atoms with Crippen molar-refractivity contribution in [3.8, 4) is 5.75 Å². The maximum atomic E-state index is 9.17. The van der Waals surface area contributed by atoms with E-state index < -0.39 is 0 Å². The average Bonchev–Trinajstić information content (AvgIpc) is 2.69. The lowest BCUT2D eigenvalue weighted by atomic mass is 10.3. The molecule has 2 aromatic rings. The van der Waals surface area contributed by atoms with Gasteiger partial charge >= 0.3 is 0 Å². The Morgan fingerprint density at radius 1 is 1.29 bits per heavy atom. The average molecular weight is 232 g/mol. The Labute approximate surface area is 100 Å². The van der Waals surface area contributed by atoms with Crippen LogP contribution in [0.3, 0.4) is 0 Å². The van der Waals surface area contributed by atoms with Gasteiger partial charge in [-0.1, -0.05) is 6.92 Å². The van der Waals surface area contributed by atoms with Crippen LogP contribution in [0.5, 0.6) is 5.75 Å². The predicted octanol–water partition coefficient (Wildman–Crippen LogP) is 1.70. The van der Waals surface area contributed by atoms with Crippen LogP contribution in [-0.4, -0.2) is 19.9 Å². The lowest BCUT2D eigenvalue weighted by Gasteiger charge is -2.05. The Hall–Kier alpha value is -2.04. The number of aromatic nitrogens is 3. The molecule has 17 heavy (non-hydrogen) atoms. The van der Waals surface area contributed by atoms with Gasteiger partial charge in [-0.2, -0.15) is 5.10 Å². The molecule has 0 bridgehead atoms. The highest BCUT2D eigenvalue weighted by molar-refractivity contribution is 5.45. The fraction of sp³-hybridized carbons (Fsp3) is 0.333. The highest BCUT2D eigenvalue weighted by Crippen LogP contribution is 2.14. The van der Waals surface area contributed by atoms with E-state index in [9.17, 15) is 0 Å². The van der Waals surface area contributed by atoms with Gasteiger partial charge in [0.25, 0.3) is 0 Å². The van der Waals surface area contributed by atoms with Crippen molar-refractivity contribution >= 4 is 5.69 Å². The summed E-state index contributed by atoms with van der Waals surface area (Å²) in [5.74, 6) is 2.02. The van der Waals surface area contributed by atoms with Crippen molar-refractivity contribution in [2.45, 2.75) is 19.9 Å². The minimum Gasteiger partial charge on any atom is -0.508 e. The van der Waals surface area contributed by atoms with Gasteiger partial charge in [0.1, 0.15) is 11.6 Å². The number of aryl methyl sites for hydroxylation is 2. The van der Waals surface area contributed by atoms with Crippen LogP contribution in [0.2, 0.25) is 0 Å². The van der Waals surface area contributed by atoms with E-state index in [-0.39, 0.29) is 5.75 Å². The molecule has 0 saturated carbocycles. The molecule has 5 nitrogen and oxygen atoms in total. The minimum absolute atomic E-state index is 0.266. The van der Waals surface area contributed by atoms with Crippen LogP contribution < -0.4 is 5.32 Å². The summed E-state index contributed by atoms with van der Waals surface area (Å²) in [4.78, 5) is 4.40. The van der Waals surface area contributed by atoms with Gasteiger partial charge < -0.3 is 10.4 Å². The number of rotatable bonds is 4. The molecule has 0 aliphatic carbocycles. The number of anilines is 1. The maximum Gasteiger partial charge on any atom is 0.150 e. The molecule has 1 aromatic heterocycles. The predicted molar refractivity (Wildman–Crippen MR) is 65.8 cm³/mol. The lowest BCUT2D eigenvalue weighted by molar-refractivity contribution is 0.475. The second-order valence-electron chi connectivity index (χ2n) is 3.82. The zero-order valence-electron chi connectivity index (χ0n) is 10.0. The van der Waals surface area contributed by atoms with Crippen molar-refractivity contribution in [3.05, 3.63) is 35.9 Å². The molecule has 5 heteroatoms. The zero-order valence-corrected chi connectivity index (χ0v) is 10.0. The number of aromatic hydroxyl groups is 1. The van der Waals surface area contributed by atoms with Crippen LogP contribution in [0.15, 0.2) is 24.3 Å². The molecule has 0 unspecified atom stereocenters. The molecule has 90 valence electrons. The molecule has 0 saturated heterocycles. The van der Waals surface area contributed by atoms with Crippen LogP contribution in [0, 0.1) is 0 Å². The number of nitrogens with one attached hydrogen (secondary N) is 1. The second-order valence-corrected chi connectivity index (χ2v) is 3.82. The maximum absolute atomic E-state index is 9.17. The standard InChI is InChI=1S/C12H16N4O/c1-3-11-14-12(16(2)15-11)8-13-9-4-6-10(17)7-5-9/h4-7,13,17H,3,8H2,1-2H3. The Bertz CT molecular complexity index is 490. The molecule has 0 amide bonds. The van der Waals surface area contributed by atoms with Crippen molar-refractivity contribution in [2.75, 3.05) is 5.32 Å². The molecule has 2 N–H and O–H groups in total. The van der Waals surface area contributed by atoms with Gasteiger partial charge in [-0.05, 0) is 24.3 Å². The van der Waals surface area contributed by atoms with Crippen molar-refractivity contribution in [1.29, 1.82) is 0 Å². The Kier molecular flexibility index (Phi) is 3.27. The third kappa shape index (κ3) is 2.75. The van der Waals surface area contributed by atoms with E-state index in [2.05, 4.69) is 15.4 Å². The summed E-state index contributed by atoms with van der Waals surface area (Å²) >= 11 is 0. The molecule has 0 spiro atoms. The van der Waals surface area contributed by atoms with E-state index in [0.29, 0.717) is 6.54 Å². The van der Waals surface area contributed by atoms with Gasteiger partial charge in [-0.3, -0.25) is 4.68 Å². The van der Waals surface area contributed by atoms with E-state index in [0.717, 1.165) is 23.8 Å². The third-order valence-corrected chi connectivity index (χ3v) is 2.53. The summed E-state index contributed by atoms with van der Waals surface area (Å²) in [7, 11) is 1.89. The van der Waals surface area contributed by atoms with Crippen molar-refractivity contribution in [1.82, 2.24) is 14.8 Å². The van der Waals surface area contributed by atoms with Gasteiger partial charge in [0.05, 0.1) is 6.54 Å². The quantitative estimate of drug-likeness (QED) is 0.787. The summed E-state index contributed by atoms with van der Waals surface area (Å²) in [5.41, 5.74) is 0.948. The summed E-state index contributed by atoms with van der Waals surface area (Å²) in [6, 6.07) is 6.95. The highest BCUT2D eigenvalue weighted by atomic mass is 16.3. The number of hydrogen-bond donors (Lipinski definition) is 2. The monoisotopic (exact) mass is 232 g/mol. The lowest BCUT2D eigenvalue weighted by Crippen LogP contribution is -2.06. The van der Waals surface area contributed by atoms with E-state index in [1.165, 1.54) is 0 Å². The SMILES string of the molecule is CCc1nc(CNc2ccc(O)cc2)n(C)n1. The van der Waals surface area contributed by atoms with Crippen molar-refractivity contribution in [2.24, 2.45) is 7.05 Å². The van der Waals surface area contributed by atoms with Crippen molar-refractivity contribution in [3.63, 3.8) is 0 Å². The summed E-state index contributed by atoms with van der Waals surface area (Å²) < 4.78 is 1.78. The first kappa shape index (κ1) is 11.4. The molecule has 0 radical (unpaired) electrons. The molecule has 0 aliphatic heterocycles. The number of phenolic OH excluding ortho intramolecular Hbond substituents is 1. The largest absolute Gasteiger partial charge is 0.508 e. The molecule has 1 heterocycles. The van der Waals surface area contributed by atoms with E-state index in [1.807, 2.05) is 26.1 Å². The van der Waals surface area contributed by atoms with E-state index in [4.69, 9.17) is 5.11 Å². The first-order valence-corrected chi connectivity index (χ1v) is 5.60. The highest BCUT2D eigenvalue weighted by Gasteiger charge is 2.04. The molecule has 1 aromatic carbocycles. The molecule has 0 aliphatic rings. The topological polar surface area (TPSA) is 63.0 Å². The van der Waals surface area contributed by atoms with E-state index >= 15 is 0 Å². The van der Waals surface area contributed by atoms with Gasteiger partial charge in [0.15, 0.2) is 5.82 Å². The van der Waals surface area contributed by atoms with Gasteiger partial charge in [-0.25, -0.2) is 4.98 Å². The molecule has 0 fully saturated rings. The van der Waals surface area contributed by atoms with Gasteiger partial charge in [-0.15, -0.1) is 0 Å². The fourth-order valence-corrected chi connectivity index (χ4v) is 1.54. The first-order chi connectivity index (χ1) is 8.19. The number of benzene rings is 1. The summed E-state index contributed by atoms with van der Waals surface area (Å²) in [6.07, 6.45) is 0.840. The van der Waals surface area contributed by atoms with Crippen LogP contribution in [-0.2, 0) is 20.0 Å². The fourth-order valence-electron chi connectivity index (χ4n) is 1.54. The second kappa shape index (κ2) is 4.86. The van der Waals surface area contributed by atoms with Crippen LogP contribution in [0.4, 0.5) is 5.69 Å². The molecule has 0 atom stereocenters. The van der Waals surface area contributed by atoms with Gasteiger partial charge in [0, 0.05) is 19.2 Å². The molecular weight excluding hydrogens is 216 g/mol. The Balaban J connectivity index is 2.01. The van der Waals surface area contributed by atoms with Crippen LogP contribution in [0.1, 0.15) is 18.6 Å². The van der Waals surface area contributed by atoms with Crippen molar-refractivity contribution < 1.29 is 5.11 Å². The minimum atomic E-state index is 0.266. The van der Waals surface area contributed by atoms with Crippen LogP contribution >= 0.6 is 0 Å².